The molecule has 14 rings (SSSR count). The minimum absolute atomic E-state index is 0.0524. The summed E-state index contributed by atoms with van der Waals surface area (Å²) in [5.74, 6) is -0.290. The maximum atomic E-state index is 12.6. The van der Waals surface area contributed by atoms with Gasteiger partial charge in [-0.1, -0.05) is 224 Å². The van der Waals surface area contributed by atoms with Gasteiger partial charge < -0.3 is 19.7 Å². The van der Waals surface area contributed by atoms with Crippen LogP contribution < -0.4 is 5.32 Å². The van der Waals surface area contributed by atoms with Gasteiger partial charge in [-0.25, -0.2) is 0 Å². The van der Waals surface area contributed by atoms with Crippen LogP contribution in [0.15, 0.2) is 243 Å². The standard InChI is InChI=1S/C23H21N3O.C20H21N3O.C18H18N2O2.C17H16N2O2/c1-17-11-13-18(14-12-17)15-24-22(27)16-26-21-10-6-5-9-20(21)23(25-26)19-7-3-2-4-8-19;24-19(22-13-7-2-8-14-22)15-23-18-12-6-5-11-17(18)20(21-23)16-9-3-1-4-10-16;1-22-17(21)12-7-13-20-16-11-6-5-10-15(16)18(19-20)14-8-3-2-4-9-14;1-21-16(20)11-12-19-15-10-6-5-9-14(15)17(18-19)13-7-3-2-4-8-13/h2-14H,15-16H2,1H3,(H,24,27);1,3-6,9-12H,2,7-8,13-15H2;2-6,8-11H,7,12-13H2,1H3;2-10H,11-12H2,1H3. The van der Waals surface area contributed by atoms with Gasteiger partial charge >= 0.3 is 11.9 Å². The maximum absolute atomic E-state index is 12.6. The van der Waals surface area contributed by atoms with Crippen LogP contribution in [0.25, 0.3) is 88.6 Å². The first-order chi connectivity index (χ1) is 46.1. The number of fused-ring (bicyclic) bond motifs is 4. The highest BCUT2D eigenvalue weighted by Gasteiger charge is 2.21. The number of nitrogens with one attached hydrogen (secondary N) is 1. The molecule has 94 heavy (non-hydrogen) atoms. The quantitative estimate of drug-likeness (QED) is 0.0865. The van der Waals surface area contributed by atoms with Gasteiger partial charge in [0.2, 0.25) is 11.8 Å². The third-order valence-corrected chi connectivity index (χ3v) is 16.5. The molecule has 4 aromatic heterocycles. The van der Waals surface area contributed by atoms with Crippen molar-refractivity contribution in [2.24, 2.45) is 0 Å². The molecule has 1 aliphatic heterocycles. The van der Waals surface area contributed by atoms with E-state index in [9.17, 15) is 19.2 Å². The topological polar surface area (TPSA) is 173 Å². The lowest BCUT2D eigenvalue weighted by atomic mass is 10.1. The summed E-state index contributed by atoms with van der Waals surface area (Å²) in [7, 11) is 2.82. The lowest BCUT2D eigenvalue weighted by Gasteiger charge is -2.26. The van der Waals surface area contributed by atoms with E-state index in [0.29, 0.717) is 45.4 Å². The molecule has 1 N–H and O–H groups in total. The Hall–Kier alpha value is -11.3. The third-order valence-electron chi connectivity index (χ3n) is 16.5. The van der Waals surface area contributed by atoms with E-state index < -0.39 is 0 Å². The smallest absolute Gasteiger partial charge is 0.307 e. The van der Waals surface area contributed by atoms with Gasteiger partial charge in [-0.15, -0.1) is 0 Å². The molecule has 474 valence electrons. The monoisotopic (exact) mass is 1250 g/mol. The molecule has 0 atom stereocenters. The minimum atomic E-state index is -0.226. The molecular formula is C78H76N10O6. The average molecular weight is 1250 g/mol. The molecule has 1 aliphatic rings. The van der Waals surface area contributed by atoms with Crippen molar-refractivity contribution in [3.63, 3.8) is 0 Å². The van der Waals surface area contributed by atoms with Crippen molar-refractivity contribution in [1.82, 2.24) is 49.3 Å². The first kappa shape index (κ1) is 64.3. The summed E-state index contributed by atoms with van der Waals surface area (Å²) in [5, 5.41) is 26.3. The summed E-state index contributed by atoms with van der Waals surface area (Å²) < 4.78 is 16.9. The predicted molar refractivity (Wildman–Crippen MR) is 372 cm³/mol. The molecule has 1 saturated heterocycles. The number of rotatable bonds is 17. The Kier molecular flexibility index (Phi) is 21.6. The van der Waals surface area contributed by atoms with E-state index in [4.69, 9.17) is 20.0 Å². The number of benzene rings is 9. The average Bonchev–Trinajstić information content (AvgIpc) is 1.69. The predicted octanol–water partition coefficient (Wildman–Crippen LogP) is 15.0. The Morgan fingerprint density at radius 1 is 0.394 bits per heavy atom. The van der Waals surface area contributed by atoms with Gasteiger partial charge in [0.05, 0.1) is 49.3 Å². The molecule has 5 heterocycles. The number of methoxy groups -OCH3 is 2. The van der Waals surface area contributed by atoms with Crippen molar-refractivity contribution >= 4 is 67.4 Å². The highest BCUT2D eigenvalue weighted by molar-refractivity contribution is 5.97. The molecule has 0 saturated carbocycles. The molecule has 9 aromatic carbocycles. The summed E-state index contributed by atoms with van der Waals surface area (Å²) in [6.07, 6.45) is 4.89. The van der Waals surface area contributed by atoms with Crippen molar-refractivity contribution in [2.75, 3.05) is 27.3 Å². The number of piperidine rings is 1. The van der Waals surface area contributed by atoms with E-state index in [1.54, 1.807) is 4.68 Å². The van der Waals surface area contributed by atoms with E-state index in [-0.39, 0.29) is 30.3 Å². The Morgan fingerprint density at radius 3 is 1.16 bits per heavy atom. The van der Waals surface area contributed by atoms with Crippen LogP contribution in [-0.4, -0.2) is 95.1 Å². The normalized spacial score (nSPS) is 11.8. The molecule has 0 aliphatic carbocycles. The number of ether oxygens (including phenoxy) is 2. The van der Waals surface area contributed by atoms with Crippen molar-refractivity contribution in [3.05, 3.63) is 254 Å². The fraction of sp³-hybridized carbons (Fsp3) is 0.205. The van der Waals surface area contributed by atoms with Crippen LogP contribution in [0.3, 0.4) is 0 Å². The summed E-state index contributed by atoms with van der Waals surface area (Å²) in [4.78, 5) is 49.6. The number of aromatic nitrogens is 8. The van der Waals surface area contributed by atoms with Crippen LogP contribution in [0.5, 0.6) is 0 Å². The molecule has 0 radical (unpaired) electrons. The molecule has 0 spiro atoms. The number of esters is 2. The first-order valence-electron chi connectivity index (χ1n) is 31.9. The zero-order valence-corrected chi connectivity index (χ0v) is 53.3. The highest BCUT2D eigenvalue weighted by Crippen LogP contribution is 2.32. The van der Waals surface area contributed by atoms with Gasteiger partial charge in [-0.05, 0) is 62.4 Å². The Morgan fingerprint density at radius 2 is 0.745 bits per heavy atom. The molecule has 2 amide bonds. The fourth-order valence-electron chi connectivity index (χ4n) is 11.6. The van der Waals surface area contributed by atoms with E-state index in [2.05, 4.69) is 82.7 Å². The van der Waals surface area contributed by atoms with E-state index in [1.807, 2.05) is 201 Å². The van der Waals surface area contributed by atoms with E-state index in [1.165, 1.54) is 26.2 Å². The number of nitrogens with zero attached hydrogens (tertiary/aromatic N) is 9. The first-order valence-corrected chi connectivity index (χ1v) is 31.9. The van der Waals surface area contributed by atoms with Crippen LogP contribution in [0.4, 0.5) is 0 Å². The molecule has 16 heteroatoms. The number of hydrogen-bond acceptors (Lipinski definition) is 10. The van der Waals surface area contributed by atoms with Crippen LogP contribution in [0.1, 0.15) is 49.7 Å². The number of carbonyl (C=O) groups excluding carboxylic acids is 4. The zero-order chi connectivity index (χ0) is 65.0. The zero-order valence-electron chi connectivity index (χ0n) is 53.3. The van der Waals surface area contributed by atoms with E-state index >= 15 is 0 Å². The Balaban J connectivity index is 0.000000128. The van der Waals surface area contributed by atoms with Gasteiger partial charge in [0.15, 0.2) is 0 Å². The molecule has 0 unspecified atom stereocenters. The van der Waals surface area contributed by atoms with Crippen LogP contribution in [0, 0.1) is 6.92 Å². The van der Waals surface area contributed by atoms with E-state index in [0.717, 1.165) is 120 Å². The summed E-state index contributed by atoms with van der Waals surface area (Å²) >= 11 is 0. The molecule has 0 bridgehead atoms. The third kappa shape index (κ3) is 16.1. The number of likely N-dealkylation sites (tertiary alicyclic amines) is 1. The molecule has 13 aromatic rings. The Bertz CT molecular complexity index is 4630. The highest BCUT2D eigenvalue weighted by atomic mass is 16.5. The van der Waals surface area contributed by atoms with Gasteiger partial charge in [0.1, 0.15) is 35.9 Å². The Labute approximate surface area is 547 Å². The molecule has 16 nitrogen and oxygen atoms in total. The lowest BCUT2D eigenvalue weighted by Crippen LogP contribution is -2.37. The van der Waals surface area contributed by atoms with Crippen molar-refractivity contribution in [3.8, 4) is 45.0 Å². The fourth-order valence-corrected chi connectivity index (χ4v) is 11.6. The van der Waals surface area contributed by atoms with Crippen LogP contribution in [-0.2, 0) is 61.4 Å². The molecular weight excluding hydrogens is 1170 g/mol. The second kappa shape index (κ2) is 31.7. The minimum Gasteiger partial charge on any atom is -0.469 e. The second-order valence-corrected chi connectivity index (χ2v) is 22.9. The van der Waals surface area contributed by atoms with Gasteiger partial charge in [0, 0.05) is 76.4 Å². The van der Waals surface area contributed by atoms with Crippen LogP contribution >= 0.6 is 0 Å². The van der Waals surface area contributed by atoms with Crippen molar-refractivity contribution < 1.29 is 28.7 Å². The number of aryl methyl sites for hydroxylation is 3. The van der Waals surface area contributed by atoms with Crippen molar-refractivity contribution in [2.45, 2.75) is 78.2 Å². The summed E-state index contributed by atoms with van der Waals surface area (Å²) in [5.41, 5.74) is 14.5. The number of para-hydroxylation sites is 4. The number of hydrogen-bond donors (Lipinski definition) is 1. The second-order valence-electron chi connectivity index (χ2n) is 22.9. The van der Waals surface area contributed by atoms with Gasteiger partial charge in [0.25, 0.3) is 0 Å². The lowest BCUT2D eigenvalue weighted by molar-refractivity contribution is -0.141. The maximum Gasteiger partial charge on any atom is 0.307 e. The molecule has 1 fully saturated rings. The summed E-state index contributed by atoms with van der Waals surface area (Å²) in [6.45, 7) is 6.04. The number of amides is 2. The van der Waals surface area contributed by atoms with Crippen molar-refractivity contribution in [1.29, 1.82) is 0 Å². The summed E-state index contributed by atoms with van der Waals surface area (Å²) in [6, 6.07) is 81.0. The number of carbonyl (C=O) groups is 4. The van der Waals surface area contributed by atoms with Crippen LogP contribution in [0.2, 0.25) is 0 Å². The SMILES string of the molecule is COC(=O)CCCn1nc(-c2ccccc2)c2ccccc21.COC(=O)CCn1nc(-c2ccccc2)c2ccccc21.Cc1ccc(CNC(=O)Cn2nc(-c3ccccc3)c3ccccc32)cc1.O=C(Cn1nc(-c2ccccc2)c2ccccc21)N1CCCCC1. The van der Waals surface area contributed by atoms with Gasteiger partial charge in [-0.3, -0.25) is 37.9 Å². The largest absolute Gasteiger partial charge is 0.469 e. The van der Waals surface area contributed by atoms with Gasteiger partial charge in [-0.2, -0.15) is 20.4 Å².